The van der Waals surface area contributed by atoms with E-state index in [1.54, 1.807) is 12.1 Å². The maximum atomic E-state index is 11.8. The van der Waals surface area contributed by atoms with Gasteiger partial charge in [-0.3, -0.25) is 4.79 Å². The minimum atomic E-state index is -0.132. The molecule has 0 atom stereocenters. The first-order chi connectivity index (χ1) is 14.0. The number of amides is 1. The zero-order valence-corrected chi connectivity index (χ0v) is 17.0. The number of nitrogens with zero attached hydrogens (tertiary/aromatic N) is 3. The minimum Gasteiger partial charge on any atom is -0.484 e. The second kappa shape index (κ2) is 9.84. The van der Waals surface area contributed by atoms with Gasteiger partial charge in [-0.25, -0.2) is 0 Å². The summed E-state index contributed by atoms with van der Waals surface area (Å²) in [4.78, 5) is 18.4. The molecule has 29 heavy (non-hydrogen) atoms. The molecule has 3 aromatic rings. The summed E-state index contributed by atoms with van der Waals surface area (Å²) >= 11 is 0. The summed E-state index contributed by atoms with van der Waals surface area (Å²) in [7, 11) is 4.01. The summed E-state index contributed by atoms with van der Waals surface area (Å²) in [5.41, 5.74) is 2.87. The number of hydrogen-bond donors (Lipinski definition) is 1. The van der Waals surface area contributed by atoms with Crippen molar-refractivity contribution in [3.63, 3.8) is 0 Å². The molecule has 1 amide bonds. The Kier molecular flexibility index (Phi) is 6.97. The van der Waals surface area contributed by atoms with Gasteiger partial charge in [0.1, 0.15) is 5.75 Å². The topological polar surface area (TPSA) is 80.5 Å². The molecule has 7 heteroatoms. The molecule has 1 N–H and O–H groups in total. The second-order valence-electron chi connectivity index (χ2n) is 7.11. The van der Waals surface area contributed by atoms with Crippen LogP contribution in [0.3, 0.4) is 0 Å². The molecule has 0 radical (unpaired) electrons. The molecule has 1 aromatic heterocycles. The number of aryl methyl sites for hydroxylation is 1. The predicted molar refractivity (Wildman–Crippen MR) is 112 cm³/mol. The van der Waals surface area contributed by atoms with E-state index < -0.39 is 0 Å². The fraction of sp³-hybridized carbons (Fsp3) is 0.318. The van der Waals surface area contributed by atoms with Crippen molar-refractivity contribution >= 4 is 5.91 Å². The molecular weight excluding hydrogens is 368 g/mol. The van der Waals surface area contributed by atoms with Gasteiger partial charge in [0, 0.05) is 17.7 Å². The van der Waals surface area contributed by atoms with Crippen LogP contribution in [0.1, 0.15) is 12.0 Å². The van der Waals surface area contributed by atoms with Gasteiger partial charge in [0.05, 0.1) is 0 Å². The third-order valence-corrected chi connectivity index (χ3v) is 4.31. The fourth-order valence-electron chi connectivity index (χ4n) is 2.68. The number of aromatic nitrogens is 2. The van der Waals surface area contributed by atoms with E-state index in [0.717, 1.165) is 24.1 Å². The summed E-state index contributed by atoms with van der Waals surface area (Å²) < 4.78 is 10.9. The van der Waals surface area contributed by atoms with Crippen LogP contribution in [-0.4, -0.2) is 54.7 Å². The van der Waals surface area contributed by atoms with Crippen LogP contribution in [-0.2, 0) is 4.79 Å². The molecule has 0 bridgehead atoms. The van der Waals surface area contributed by atoms with Gasteiger partial charge in [-0.1, -0.05) is 35.0 Å². The van der Waals surface area contributed by atoms with Crippen LogP contribution in [0.5, 0.6) is 5.75 Å². The highest BCUT2D eigenvalue weighted by molar-refractivity contribution is 5.77. The van der Waals surface area contributed by atoms with Crippen molar-refractivity contribution in [2.75, 3.05) is 33.8 Å². The highest BCUT2D eigenvalue weighted by Gasteiger charge is 2.11. The normalized spacial score (nSPS) is 10.9. The molecule has 0 saturated heterocycles. The lowest BCUT2D eigenvalue weighted by Crippen LogP contribution is -2.31. The van der Waals surface area contributed by atoms with Gasteiger partial charge in [-0.15, -0.1) is 0 Å². The third-order valence-electron chi connectivity index (χ3n) is 4.31. The number of nitrogens with one attached hydrogen (secondary N) is 1. The lowest BCUT2D eigenvalue weighted by molar-refractivity contribution is -0.123. The molecule has 0 aliphatic carbocycles. The van der Waals surface area contributed by atoms with Gasteiger partial charge in [-0.05, 0) is 58.3 Å². The molecule has 0 unspecified atom stereocenters. The molecule has 0 fully saturated rings. The number of benzene rings is 2. The van der Waals surface area contributed by atoms with Crippen LogP contribution in [0.25, 0.3) is 22.8 Å². The molecule has 1 heterocycles. The zero-order valence-electron chi connectivity index (χ0n) is 17.0. The highest BCUT2D eigenvalue weighted by Crippen LogP contribution is 2.24. The van der Waals surface area contributed by atoms with E-state index in [4.69, 9.17) is 9.26 Å². The average molecular weight is 394 g/mol. The molecule has 0 spiro atoms. The van der Waals surface area contributed by atoms with Crippen molar-refractivity contribution in [1.82, 2.24) is 20.4 Å². The van der Waals surface area contributed by atoms with Crippen molar-refractivity contribution in [3.05, 3.63) is 54.1 Å². The van der Waals surface area contributed by atoms with Gasteiger partial charge in [0.15, 0.2) is 6.61 Å². The smallest absolute Gasteiger partial charge is 0.258 e. The van der Waals surface area contributed by atoms with E-state index in [1.165, 1.54) is 5.56 Å². The van der Waals surface area contributed by atoms with E-state index in [2.05, 4.69) is 20.4 Å². The van der Waals surface area contributed by atoms with Crippen molar-refractivity contribution < 1.29 is 14.1 Å². The average Bonchev–Trinajstić information content (AvgIpc) is 3.21. The second-order valence-corrected chi connectivity index (χ2v) is 7.11. The summed E-state index contributed by atoms with van der Waals surface area (Å²) in [6, 6.07) is 15.2. The van der Waals surface area contributed by atoms with E-state index in [-0.39, 0.29) is 12.5 Å². The number of hydrogen-bond acceptors (Lipinski definition) is 6. The molecule has 0 saturated carbocycles. The minimum absolute atomic E-state index is 0.0144. The number of ether oxygens (including phenoxy) is 1. The summed E-state index contributed by atoms with van der Waals surface area (Å²) in [5.74, 6) is 1.46. The van der Waals surface area contributed by atoms with Gasteiger partial charge in [0.2, 0.25) is 5.82 Å². The fourth-order valence-corrected chi connectivity index (χ4v) is 2.68. The van der Waals surface area contributed by atoms with Crippen LogP contribution in [0, 0.1) is 6.92 Å². The molecule has 0 aliphatic rings. The summed E-state index contributed by atoms with van der Waals surface area (Å²) in [6.07, 6.45) is 0.905. The maximum Gasteiger partial charge on any atom is 0.258 e. The first kappa shape index (κ1) is 20.5. The van der Waals surface area contributed by atoms with E-state index in [1.807, 2.05) is 57.4 Å². The van der Waals surface area contributed by atoms with E-state index >= 15 is 0 Å². The molecule has 152 valence electrons. The summed E-state index contributed by atoms with van der Waals surface area (Å²) in [6.45, 7) is 3.59. The van der Waals surface area contributed by atoms with Crippen molar-refractivity contribution in [2.24, 2.45) is 0 Å². The standard InChI is InChI=1S/C22H26N4O3/c1-16-5-7-17(8-6-16)21-24-22(29-25-21)18-9-11-19(12-10-18)28-15-20(27)23-13-4-14-26(2)3/h5-12H,4,13-15H2,1-3H3,(H,23,27). The Morgan fingerprint density at radius 1 is 1.07 bits per heavy atom. The number of rotatable bonds is 9. The number of carbonyl (C=O) groups excluding carboxylic acids is 1. The largest absolute Gasteiger partial charge is 0.484 e. The van der Waals surface area contributed by atoms with Crippen LogP contribution in [0.4, 0.5) is 0 Å². The van der Waals surface area contributed by atoms with Crippen molar-refractivity contribution in [1.29, 1.82) is 0 Å². The molecular formula is C22H26N4O3. The number of carbonyl (C=O) groups is 1. The first-order valence-corrected chi connectivity index (χ1v) is 9.56. The van der Waals surface area contributed by atoms with Gasteiger partial charge in [0.25, 0.3) is 11.8 Å². The summed E-state index contributed by atoms with van der Waals surface area (Å²) in [5, 5.41) is 6.89. The van der Waals surface area contributed by atoms with E-state index in [9.17, 15) is 4.79 Å². The Morgan fingerprint density at radius 3 is 2.45 bits per heavy atom. The predicted octanol–water partition coefficient (Wildman–Crippen LogP) is 3.16. The van der Waals surface area contributed by atoms with E-state index in [0.29, 0.717) is 24.0 Å². The SMILES string of the molecule is Cc1ccc(-c2noc(-c3ccc(OCC(=O)NCCCN(C)C)cc3)n2)cc1. The Morgan fingerprint density at radius 2 is 1.76 bits per heavy atom. The van der Waals surface area contributed by atoms with Gasteiger partial charge >= 0.3 is 0 Å². The lowest BCUT2D eigenvalue weighted by Gasteiger charge is -2.10. The Labute approximate surface area is 170 Å². The third kappa shape index (κ3) is 6.15. The Hall–Kier alpha value is -3.19. The van der Waals surface area contributed by atoms with Crippen LogP contribution in [0.15, 0.2) is 53.1 Å². The zero-order chi connectivity index (χ0) is 20.6. The molecule has 2 aromatic carbocycles. The quantitative estimate of drug-likeness (QED) is 0.562. The van der Waals surface area contributed by atoms with Gasteiger partial charge < -0.3 is 19.5 Å². The van der Waals surface area contributed by atoms with Crippen molar-refractivity contribution in [2.45, 2.75) is 13.3 Å². The van der Waals surface area contributed by atoms with Crippen LogP contribution in [0.2, 0.25) is 0 Å². The monoisotopic (exact) mass is 394 g/mol. The highest BCUT2D eigenvalue weighted by atomic mass is 16.5. The molecule has 3 rings (SSSR count). The molecule has 0 aliphatic heterocycles. The lowest BCUT2D eigenvalue weighted by atomic mass is 10.1. The maximum absolute atomic E-state index is 11.8. The Bertz CT molecular complexity index is 918. The van der Waals surface area contributed by atoms with Crippen LogP contribution < -0.4 is 10.1 Å². The van der Waals surface area contributed by atoms with Crippen LogP contribution >= 0.6 is 0 Å². The first-order valence-electron chi connectivity index (χ1n) is 9.56. The van der Waals surface area contributed by atoms with Gasteiger partial charge in [-0.2, -0.15) is 4.98 Å². The molecule has 7 nitrogen and oxygen atoms in total. The Balaban J connectivity index is 1.51. The van der Waals surface area contributed by atoms with Crippen molar-refractivity contribution in [3.8, 4) is 28.6 Å².